The molecule has 2 heterocycles. The summed E-state index contributed by atoms with van der Waals surface area (Å²) in [7, 11) is 1.65. The second-order valence-electron chi connectivity index (χ2n) is 4.25. The molecule has 0 aromatic carbocycles. The molecule has 2 aromatic heterocycles. The molecule has 0 spiro atoms. The zero-order valence-electron chi connectivity index (χ0n) is 10.8. The number of nitrogens with two attached hydrogens (primary N) is 1. The van der Waals surface area contributed by atoms with E-state index < -0.39 is 0 Å². The molecule has 98 valence electrons. The molecule has 18 heavy (non-hydrogen) atoms. The van der Waals surface area contributed by atoms with Gasteiger partial charge < -0.3 is 4.74 Å². The van der Waals surface area contributed by atoms with Crippen LogP contribution < -0.4 is 16.0 Å². The van der Waals surface area contributed by atoms with Crippen LogP contribution in [0.15, 0.2) is 23.7 Å². The van der Waals surface area contributed by atoms with Crippen LogP contribution in [0.5, 0.6) is 5.75 Å². The summed E-state index contributed by atoms with van der Waals surface area (Å²) in [5.41, 5.74) is 3.80. The van der Waals surface area contributed by atoms with Gasteiger partial charge >= 0.3 is 0 Å². The van der Waals surface area contributed by atoms with Crippen molar-refractivity contribution >= 4 is 11.3 Å². The van der Waals surface area contributed by atoms with E-state index >= 15 is 0 Å². The van der Waals surface area contributed by atoms with Crippen LogP contribution in [0, 0.1) is 0 Å². The molecular weight excluding hydrogens is 248 g/mol. The minimum atomic E-state index is -0.107. The molecule has 5 nitrogen and oxygen atoms in total. The number of nitrogens with one attached hydrogen (secondary N) is 1. The summed E-state index contributed by atoms with van der Waals surface area (Å²) in [4.78, 5) is 1.14. The number of aromatic nitrogens is 2. The third kappa shape index (κ3) is 2.27. The van der Waals surface area contributed by atoms with Crippen LogP contribution in [-0.2, 0) is 0 Å². The monoisotopic (exact) mass is 266 g/mol. The lowest BCUT2D eigenvalue weighted by atomic mass is 10.1. The number of ether oxygens (including phenoxy) is 1. The maximum absolute atomic E-state index is 5.71. The third-order valence-electron chi connectivity index (χ3n) is 2.78. The van der Waals surface area contributed by atoms with Crippen molar-refractivity contribution in [3.8, 4) is 5.75 Å². The van der Waals surface area contributed by atoms with Crippen molar-refractivity contribution < 1.29 is 4.74 Å². The van der Waals surface area contributed by atoms with Crippen molar-refractivity contribution in [1.29, 1.82) is 0 Å². The maximum atomic E-state index is 5.71. The van der Waals surface area contributed by atoms with Crippen LogP contribution >= 0.6 is 11.3 Å². The van der Waals surface area contributed by atoms with Crippen LogP contribution in [0.4, 0.5) is 0 Å². The first kappa shape index (κ1) is 13.1. The third-order valence-corrected chi connectivity index (χ3v) is 3.71. The Morgan fingerprint density at radius 1 is 1.50 bits per heavy atom. The molecule has 3 N–H and O–H groups in total. The Morgan fingerprint density at radius 2 is 2.28 bits per heavy atom. The van der Waals surface area contributed by atoms with Gasteiger partial charge in [-0.15, -0.1) is 11.3 Å². The Morgan fingerprint density at radius 3 is 2.78 bits per heavy atom. The quantitative estimate of drug-likeness (QED) is 0.642. The van der Waals surface area contributed by atoms with E-state index in [0.717, 1.165) is 16.3 Å². The Bertz CT molecular complexity index is 492. The fraction of sp³-hybridized carbons (Fsp3) is 0.417. The predicted molar refractivity (Wildman–Crippen MR) is 72.6 cm³/mol. The van der Waals surface area contributed by atoms with Crippen molar-refractivity contribution in [2.75, 3.05) is 7.11 Å². The maximum Gasteiger partial charge on any atom is 0.162 e. The highest BCUT2D eigenvalue weighted by Crippen LogP contribution is 2.33. The number of hydrogen-bond acceptors (Lipinski definition) is 5. The van der Waals surface area contributed by atoms with Crippen LogP contribution in [0.3, 0.4) is 0 Å². The van der Waals surface area contributed by atoms with Gasteiger partial charge in [-0.05, 0) is 25.3 Å². The van der Waals surface area contributed by atoms with Crippen molar-refractivity contribution in [3.05, 3.63) is 34.3 Å². The predicted octanol–water partition coefficient (Wildman–Crippen LogP) is 2.09. The lowest BCUT2D eigenvalue weighted by Gasteiger charge is -2.19. The van der Waals surface area contributed by atoms with E-state index in [1.807, 2.05) is 22.2 Å². The molecule has 2 rings (SSSR count). The van der Waals surface area contributed by atoms with Crippen molar-refractivity contribution in [2.24, 2.45) is 5.84 Å². The van der Waals surface area contributed by atoms with E-state index in [9.17, 15) is 0 Å². The van der Waals surface area contributed by atoms with E-state index in [-0.39, 0.29) is 12.1 Å². The SMILES string of the molecule is COc1cnn(C(C)C)c1C(NN)c1cccs1. The second kappa shape index (κ2) is 5.51. The molecule has 0 bridgehead atoms. The first-order valence-electron chi connectivity index (χ1n) is 5.80. The van der Waals surface area contributed by atoms with E-state index in [4.69, 9.17) is 10.6 Å². The average molecular weight is 266 g/mol. The molecule has 0 aliphatic heterocycles. The Kier molecular flexibility index (Phi) is 4.00. The summed E-state index contributed by atoms with van der Waals surface area (Å²) >= 11 is 1.65. The minimum absolute atomic E-state index is 0.107. The van der Waals surface area contributed by atoms with Gasteiger partial charge in [-0.25, -0.2) is 5.43 Å². The highest BCUT2D eigenvalue weighted by molar-refractivity contribution is 7.10. The van der Waals surface area contributed by atoms with Gasteiger partial charge in [0.25, 0.3) is 0 Å². The summed E-state index contributed by atoms with van der Waals surface area (Å²) in [6, 6.07) is 4.20. The van der Waals surface area contributed by atoms with E-state index in [2.05, 4.69) is 24.4 Å². The number of rotatable bonds is 5. The van der Waals surface area contributed by atoms with E-state index in [1.54, 1.807) is 24.6 Å². The molecular formula is C12H18N4OS. The van der Waals surface area contributed by atoms with Gasteiger partial charge in [-0.1, -0.05) is 6.07 Å². The highest BCUT2D eigenvalue weighted by atomic mass is 32.1. The molecule has 2 aromatic rings. The van der Waals surface area contributed by atoms with E-state index in [1.165, 1.54) is 0 Å². The highest BCUT2D eigenvalue weighted by Gasteiger charge is 2.24. The lowest BCUT2D eigenvalue weighted by Crippen LogP contribution is -2.30. The number of hydrazine groups is 1. The fourth-order valence-corrected chi connectivity index (χ4v) is 2.74. The van der Waals surface area contributed by atoms with Gasteiger partial charge in [0.05, 0.1) is 13.3 Å². The van der Waals surface area contributed by atoms with Gasteiger partial charge in [0, 0.05) is 10.9 Å². The van der Waals surface area contributed by atoms with E-state index in [0.29, 0.717) is 0 Å². The van der Waals surface area contributed by atoms with Gasteiger partial charge in [0.2, 0.25) is 0 Å². The van der Waals surface area contributed by atoms with Gasteiger partial charge in [0.15, 0.2) is 5.75 Å². The molecule has 6 heteroatoms. The fourth-order valence-electron chi connectivity index (χ4n) is 1.95. The summed E-state index contributed by atoms with van der Waals surface area (Å²) in [6.45, 7) is 4.16. The van der Waals surface area contributed by atoms with Gasteiger partial charge in [0.1, 0.15) is 11.7 Å². The summed E-state index contributed by atoms with van der Waals surface area (Å²) < 4.78 is 7.32. The Labute approximate surface area is 111 Å². The standard InChI is InChI=1S/C12H18N4OS/c1-8(2)16-12(9(17-3)7-14-16)11(15-13)10-5-4-6-18-10/h4-8,11,15H,13H2,1-3H3. The molecule has 0 saturated heterocycles. The number of hydrogen-bond donors (Lipinski definition) is 2. The second-order valence-corrected chi connectivity index (χ2v) is 5.23. The number of methoxy groups -OCH3 is 1. The first-order valence-corrected chi connectivity index (χ1v) is 6.68. The largest absolute Gasteiger partial charge is 0.493 e. The van der Waals surface area contributed by atoms with Crippen LogP contribution in [0.1, 0.15) is 36.5 Å². The minimum Gasteiger partial charge on any atom is -0.493 e. The molecule has 0 aliphatic carbocycles. The molecule has 1 atom stereocenters. The summed E-state index contributed by atoms with van der Waals surface area (Å²) in [5.74, 6) is 6.46. The molecule has 1 unspecified atom stereocenters. The topological polar surface area (TPSA) is 65.1 Å². The first-order chi connectivity index (χ1) is 8.69. The average Bonchev–Trinajstić information content (AvgIpc) is 2.99. The smallest absolute Gasteiger partial charge is 0.162 e. The molecule has 0 amide bonds. The van der Waals surface area contributed by atoms with Crippen molar-refractivity contribution in [3.63, 3.8) is 0 Å². The molecule has 0 fully saturated rings. The van der Waals surface area contributed by atoms with Crippen molar-refractivity contribution in [2.45, 2.75) is 25.9 Å². The Balaban J connectivity index is 2.50. The van der Waals surface area contributed by atoms with Gasteiger partial charge in [-0.3, -0.25) is 10.5 Å². The zero-order chi connectivity index (χ0) is 13.1. The van der Waals surface area contributed by atoms with Gasteiger partial charge in [-0.2, -0.15) is 5.10 Å². The normalized spacial score (nSPS) is 12.9. The summed E-state index contributed by atoms with van der Waals surface area (Å²) in [6.07, 6.45) is 1.73. The lowest BCUT2D eigenvalue weighted by molar-refractivity contribution is 0.395. The van der Waals surface area contributed by atoms with Crippen LogP contribution in [-0.4, -0.2) is 16.9 Å². The molecule has 0 saturated carbocycles. The molecule has 0 aliphatic rings. The Hall–Kier alpha value is -1.37. The molecule has 0 radical (unpaired) electrons. The summed E-state index contributed by atoms with van der Waals surface area (Å²) in [5, 5.41) is 6.40. The van der Waals surface area contributed by atoms with Crippen molar-refractivity contribution in [1.82, 2.24) is 15.2 Å². The zero-order valence-corrected chi connectivity index (χ0v) is 11.6. The number of nitrogens with zero attached hydrogens (tertiary/aromatic N) is 2. The van der Waals surface area contributed by atoms with Crippen LogP contribution in [0.2, 0.25) is 0 Å². The van der Waals surface area contributed by atoms with Crippen LogP contribution in [0.25, 0.3) is 0 Å². The number of thiophene rings is 1.